The first-order valence-corrected chi connectivity index (χ1v) is 18.4. The van der Waals surface area contributed by atoms with E-state index in [1.165, 1.54) is 21.5 Å². The molecule has 0 spiro atoms. The van der Waals surface area contributed by atoms with Crippen molar-refractivity contribution in [3.63, 3.8) is 0 Å². The van der Waals surface area contributed by atoms with E-state index in [1.807, 2.05) is 24.3 Å². The molecule has 54 heavy (non-hydrogen) atoms. The summed E-state index contributed by atoms with van der Waals surface area (Å²) in [6.07, 6.45) is 4.36. The highest BCUT2D eigenvalue weighted by Crippen LogP contribution is 2.29. The van der Waals surface area contributed by atoms with Crippen molar-refractivity contribution < 1.29 is 0 Å². The molecule has 4 nitrogen and oxygen atoms in total. The van der Waals surface area contributed by atoms with Gasteiger partial charge >= 0.3 is 0 Å². The second-order valence-corrected chi connectivity index (χ2v) is 13.5. The van der Waals surface area contributed by atoms with Crippen molar-refractivity contribution in [2.75, 3.05) is 0 Å². The molecule has 0 N–H and O–H groups in total. The first kappa shape index (κ1) is 34.3. The molecule has 0 unspecified atom stereocenters. The minimum Gasteiger partial charge on any atom is -0.188 e. The molecule has 8 aromatic carbocycles. The van der Waals surface area contributed by atoms with Gasteiger partial charge in [-0.25, -0.2) is 0 Å². The molecule has 0 fully saturated rings. The molecule has 0 aliphatic rings. The third kappa shape index (κ3) is 8.46. The van der Waals surface area contributed by atoms with Gasteiger partial charge in [-0.05, 0) is 90.3 Å². The van der Waals surface area contributed by atoms with Crippen molar-refractivity contribution in [1.82, 2.24) is 0 Å². The Hall–Kier alpha value is -6.78. The Morgan fingerprint density at radius 1 is 0.333 bits per heavy atom. The van der Waals surface area contributed by atoms with Gasteiger partial charge in [-0.2, -0.15) is 20.5 Å². The normalized spacial score (nSPS) is 12.0. The molecule has 0 aromatic heterocycles. The third-order valence-corrected chi connectivity index (χ3v) is 9.69. The Kier molecular flexibility index (Phi) is 10.6. The molecule has 0 aliphatic heterocycles. The summed E-state index contributed by atoms with van der Waals surface area (Å²) in [4.78, 5) is 0. The summed E-state index contributed by atoms with van der Waals surface area (Å²) >= 11 is 0. The maximum absolute atomic E-state index is 4.77. The lowest BCUT2D eigenvalue weighted by Gasteiger charge is -2.12. The molecule has 0 saturated heterocycles. The van der Waals surface area contributed by atoms with Crippen LogP contribution in [0.15, 0.2) is 215 Å². The summed E-state index contributed by atoms with van der Waals surface area (Å²) in [6, 6.07) is 67.5. The SMILES string of the molecule is C(=C\c1ccc2cc(CN=NC(c3ccccc3)c3ccccc3)ccc2c1)/c1ccc2cc(CN=NC(c3ccccc3)c3ccccc3)ccc2c1. The molecule has 0 saturated carbocycles. The zero-order valence-electron chi connectivity index (χ0n) is 30.0. The largest absolute Gasteiger partial charge is 0.188 e. The molecular weight excluding hydrogens is 657 g/mol. The van der Waals surface area contributed by atoms with E-state index in [-0.39, 0.29) is 12.1 Å². The quantitative estimate of drug-likeness (QED) is 0.0902. The number of benzene rings is 8. The van der Waals surface area contributed by atoms with Crippen LogP contribution in [0.3, 0.4) is 0 Å². The number of fused-ring (bicyclic) bond motifs is 2. The lowest BCUT2D eigenvalue weighted by atomic mass is 10.00. The fourth-order valence-corrected chi connectivity index (χ4v) is 6.82. The Bertz CT molecular complexity index is 2290. The van der Waals surface area contributed by atoms with Crippen molar-refractivity contribution in [2.24, 2.45) is 20.5 Å². The van der Waals surface area contributed by atoms with E-state index >= 15 is 0 Å². The number of azo groups is 2. The Morgan fingerprint density at radius 2 is 0.648 bits per heavy atom. The summed E-state index contributed by atoms with van der Waals surface area (Å²) in [5.41, 5.74) is 9.14. The van der Waals surface area contributed by atoms with Gasteiger partial charge in [-0.15, -0.1) is 0 Å². The second kappa shape index (κ2) is 16.7. The molecule has 4 heteroatoms. The topological polar surface area (TPSA) is 49.4 Å². The fraction of sp³-hybridized carbons (Fsp3) is 0.0800. The standard InChI is InChI=1S/C50H40N4/c1-5-13-41(14-6-1)49(42-15-7-2-8-16-42)53-51-35-39-25-29-45-31-37(23-27-47(45)33-39)21-22-38-24-28-48-34-40(26-30-46(48)32-38)36-52-54-50(43-17-9-3-10-18-43)44-19-11-4-12-20-44/h1-34,49-50H,35-36H2/b22-21+,53-51?,54-52?. The minimum atomic E-state index is -0.122. The van der Waals surface area contributed by atoms with Gasteiger partial charge in [-0.1, -0.05) is 182 Å². The predicted octanol–water partition coefficient (Wildman–Crippen LogP) is 13.6. The van der Waals surface area contributed by atoms with E-state index in [0.29, 0.717) is 13.1 Å². The van der Waals surface area contributed by atoms with E-state index in [9.17, 15) is 0 Å². The van der Waals surface area contributed by atoms with E-state index in [0.717, 1.165) is 44.5 Å². The smallest absolute Gasteiger partial charge is 0.121 e. The van der Waals surface area contributed by atoms with Gasteiger partial charge in [0, 0.05) is 0 Å². The highest BCUT2D eigenvalue weighted by molar-refractivity contribution is 5.89. The summed E-state index contributed by atoms with van der Waals surface area (Å²) in [5, 5.41) is 23.6. The molecule has 0 heterocycles. The van der Waals surface area contributed by atoms with Crippen LogP contribution < -0.4 is 0 Å². The Morgan fingerprint density at radius 3 is 1.00 bits per heavy atom. The average molecular weight is 697 g/mol. The zero-order valence-corrected chi connectivity index (χ0v) is 30.0. The number of hydrogen-bond donors (Lipinski definition) is 0. The minimum absolute atomic E-state index is 0.122. The van der Waals surface area contributed by atoms with Crippen molar-refractivity contribution in [1.29, 1.82) is 0 Å². The maximum Gasteiger partial charge on any atom is 0.121 e. The van der Waals surface area contributed by atoms with Gasteiger partial charge in [0.2, 0.25) is 0 Å². The van der Waals surface area contributed by atoms with Crippen LogP contribution in [-0.4, -0.2) is 0 Å². The van der Waals surface area contributed by atoms with Crippen LogP contribution in [0.25, 0.3) is 33.7 Å². The fourth-order valence-electron chi connectivity index (χ4n) is 6.82. The van der Waals surface area contributed by atoms with Crippen LogP contribution in [0.1, 0.15) is 56.6 Å². The van der Waals surface area contributed by atoms with Gasteiger partial charge in [0.15, 0.2) is 0 Å². The highest BCUT2D eigenvalue weighted by Gasteiger charge is 2.13. The van der Waals surface area contributed by atoms with E-state index in [1.54, 1.807) is 0 Å². The van der Waals surface area contributed by atoms with Crippen LogP contribution >= 0.6 is 0 Å². The monoisotopic (exact) mass is 696 g/mol. The van der Waals surface area contributed by atoms with Crippen molar-refractivity contribution >= 4 is 33.7 Å². The summed E-state index contributed by atoms with van der Waals surface area (Å²) in [5.74, 6) is 0. The average Bonchev–Trinajstić information content (AvgIpc) is 3.24. The van der Waals surface area contributed by atoms with Gasteiger partial charge in [0.1, 0.15) is 12.1 Å². The van der Waals surface area contributed by atoms with Crippen molar-refractivity contribution in [2.45, 2.75) is 25.2 Å². The van der Waals surface area contributed by atoms with E-state index in [2.05, 4.69) is 192 Å². The highest BCUT2D eigenvalue weighted by atomic mass is 15.1. The second-order valence-electron chi connectivity index (χ2n) is 13.5. The zero-order chi connectivity index (χ0) is 36.4. The molecule has 0 amide bonds. The van der Waals surface area contributed by atoms with Crippen LogP contribution in [-0.2, 0) is 13.1 Å². The van der Waals surface area contributed by atoms with Crippen LogP contribution in [0.4, 0.5) is 0 Å². The molecule has 0 bridgehead atoms. The van der Waals surface area contributed by atoms with Crippen LogP contribution in [0.2, 0.25) is 0 Å². The molecule has 8 rings (SSSR count). The summed E-state index contributed by atoms with van der Waals surface area (Å²) < 4.78 is 0. The van der Waals surface area contributed by atoms with E-state index in [4.69, 9.17) is 10.2 Å². The van der Waals surface area contributed by atoms with Crippen LogP contribution in [0.5, 0.6) is 0 Å². The van der Waals surface area contributed by atoms with Gasteiger partial charge in [0.05, 0.1) is 13.1 Å². The van der Waals surface area contributed by atoms with Crippen LogP contribution in [0, 0.1) is 0 Å². The third-order valence-electron chi connectivity index (χ3n) is 9.69. The maximum atomic E-state index is 4.77. The lowest BCUT2D eigenvalue weighted by molar-refractivity contribution is 0.757. The molecular formula is C50H40N4. The summed E-state index contributed by atoms with van der Waals surface area (Å²) in [6.45, 7) is 1.06. The Labute approximate surface area is 316 Å². The molecule has 260 valence electrons. The van der Waals surface area contributed by atoms with Crippen molar-refractivity contribution in [3.05, 3.63) is 239 Å². The number of hydrogen-bond acceptors (Lipinski definition) is 4. The first-order chi connectivity index (χ1) is 26.7. The van der Waals surface area contributed by atoms with E-state index < -0.39 is 0 Å². The predicted molar refractivity (Wildman–Crippen MR) is 223 cm³/mol. The van der Waals surface area contributed by atoms with Crippen molar-refractivity contribution in [3.8, 4) is 0 Å². The summed E-state index contributed by atoms with van der Waals surface area (Å²) in [7, 11) is 0. The first-order valence-electron chi connectivity index (χ1n) is 18.4. The molecule has 8 aromatic rings. The Balaban J connectivity index is 0.916. The number of nitrogens with zero attached hydrogens (tertiary/aromatic N) is 4. The molecule has 0 atom stereocenters. The van der Waals surface area contributed by atoms with Gasteiger partial charge in [0.25, 0.3) is 0 Å². The lowest BCUT2D eigenvalue weighted by Crippen LogP contribution is -1.97. The van der Waals surface area contributed by atoms with Gasteiger partial charge < -0.3 is 0 Å². The molecule has 0 aliphatic carbocycles. The number of rotatable bonds is 12. The molecule has 0 radical (unpaired) electrons. The van der Waals surface area contributed by atoms with Gasteiger partial charge in [-0.3, -0.25) is 0 Å².